The van der Waals surface area contributed by atoms with E-state index < -0.39 is 12.1 Å². The van der Waals surface area contributed by atoms with Crippen LogP contribution in [0.5, 0.6) is 0 Å². The molecule has 1 rings (SSSR count). The third kappa shape index (κ3) is 3.12. The van der Waals surface area contributed by atoms with Crippen molar-refractivity contribution in [2.24, 2.45) is 0 Å². The second-order valence-corrected chi connectivity index (χ2v) is 3.61. The van der Waals surface area contributed by atoms with E-state index >= 15 is 0 Å². The van der Waals surface area contributed by atoms with Gasteiger partial charge < -0.3 is 14.6 Å². The molecule has 1 aromatic rings. The maximum absolute atomic E-state index is 10.4. The Balaban J connectivity index is 2.54. The van der Waals surface area contributed by atoms with Gasteiger partial charge in [0, 0.05) is 5.75 Å². The molecule has 0 fully saturated rings. The highest BCUT2D eigenvalue weighted by molar-refractivity contribution is 7.99. The molecular formula is C8H10O4S. The number of furan rings is 1. The Bertz CT molecular complexity index is 292. The van der Waals surface area contributed by atoms with Gasteiger partial charge in [0.25, 0.3) is 0 Å². The first-order chi connectivity index (χ1) is 6.09. The molecular weight excluding hydrogens is 192 g/mol. The van der Waals surface area contributed by atoms with Gasteiger partial charge in [0.1, 0.15) is 0 Å². The summed E-state index contributed by atoms with van der Waals surface area (Å²) >= 11 is 1.29. The SMILES string of the molecule is CC(O)CSc1ccc(C(=O)O)o1. The zero-order valence-electron chi connectivity index (χ0n) is 7.06. The van der Waals surface area contributed by atoms with Gasteiger partial charge in [0.05, 0.1) is 6.10 Å². The first-order valence-corrected chi connectivity index (χ1v) is 4.72. The summed E-state index contributed by atoms with van der Waals surface area (Å²) in [6.07, 6.45) is -0.427. The molecule has 0 aromatic carbocycles. The van der Waals surface area contributed by atoms with E-state index in [9.17, 15) is 4.79 Å². The van der Waals surface area contributed by atoms with Gasteiger partial charge in [-0.3, -0.25) is 0 Å². The summed E-state index contributed by atoms with van der Waals surface area (Å²) in [5.41, 5.74) is 0. The average molecular weight is 202 g/mol. The van der Waals surface area contributed by atoms with E-state index in [0.717, 1.165) is 0 Å². The van der Waals surface area contributed by atoms with Crippen molar-refractivity contribution in [1.82, 2.24) is 0 Å². The average Bonchev–Trinajstić information content (AvgIpc) is 2.48. The van der Waals surface area contributed by atoms with Crippen LogP contribution in [0.3, 0.4) is 0 Å². The summed E-state index contributed by atoms with van der Waals surface area (Å²) in [5, 5.41) is 18.0. The van der Waals surface area contributed by atoms with E-state index in [-0.39, 0.29) is 5.76 Å². The molecule has 0 aliphatic carbocycles. The number of carboxylic acid groups (broad SMARTS) is 1. The van der Waals surface area contributed by atoms with Crippen LogP contribution >= 0.6 is 11.8 Å². The van der Waals surface area contributed by atoms with Gasteiger partial charge in [-0.05, 0) is 19.1 Å². The molecule has 0 aliphatic rings. The smallest absolute Gasteiger partial charge is 0.371 e. The minimum absolute atomic E-state index is 0.0758. The van der Waals surface area contributed by atoms with E-state index in [1.54, 1.807) is 13.0 Å². The van der Waals surface area contributed by atoms with Crippen LogP contribution in [-0.4, -0.2) is 28.0 Å². The van der Waals surface area contributed by atoms with Crippen molar-refractivity contribution in [3.63, 3.8) is 0 Å². The molecule has 0 bridgehead atoms. The standard InChI is InChI=1S/C8H10O4S/c1-5(9)4-13-7-3-2-6(12-7)8(10)11/h2-3,5,9H,4H2,1H3,(H,10,11). The topological polar surface area (TPSA) is 70.7 Å². The fraction of sp³-hybridized carbons (Fsp3) is 0.375. The molecule has 4 nitrogen and oxygen atoms in total. The van der Waals surface area contributed by atoms with Gasteiger partial charge in [-0.2, -0.15) is 0 Å². The first kappa shape index (κ1) is 10.1. The van der Waals surface area contributed by atoms with Gasteiger partial charge in [0.2, 0.25) is 5.76 Å². The maximum atomic E-state index is 10.4. The van der Waals surface area contributed by atoms with Crippen LogP contribution in [0.4, 0.5) is 0 Å². The van der Waals surface area contributed by atoms with E-state index in [1.807, 2.05) is 0 Å². The molecule has 0 saturated carbocycles. The minimum Gasteiger partial charge on any atom is -0.475 e. The van der Waals surface area contributed by atoms with Crippen LogP contribution < -0.4 is 0 Å². The van der Waals surface area contributed by atoms with Crippen molar-refractivity contribution < 1.29 is 19.4 Å². The van der Waals surface area contributed by atoms with Crippen molar-refractivity contribution in [3.05, 3.63) is 17.9 Å². The van der Waals surface area contributed by atoms with Crippen LogP contribution in [0.25, 0.3) is 0 Å². The summed E-state index contributed by atoms with van der Waals surface area (Å²) in [5.74, 6) is -0.663. The number of hydrogen-bond donors (Lipinski definition) is 2. The summed E-state index contributed by atoms with van der Waals surface area (Å²) in [7, 11) is 0. The molecule has 2 N–H and O–H groups in total. The van der Waals surface area contributed by atoms with E-state index in [4.69, 9.17) is 14.6 Å². The van der Waals surface area contributed by atoms with Gasteiger partial charge >= 0.3 is 5.97 Å². The van der Waals surface area contributed by atoms with Gasteiger partial charge in [0.15, 0.2) is 5.09 Å². The summed E-state index contributed by atoms with van der Waals surface area (Å²) in [6.45, 7) is 1.66. The Morgan fingerprint density at radius 3 is 2.85 bits per heavy atom. The fourth-order valence-electron chi connectivity index (χ4n) is 0.715. The van der Waals surface area contributed by atoms with Crippen LogP contribution in [0.15, 0.2) is 21.6 Å². The lowest BCUT2D eigenvalue weighted by atomic mass is 10.5. The minimum atomic E-state index is -1.08. The molecule has 1 atom stereocenters. The Kier molecular flexibility index (Phi) is 3.39. The molecule has 1 heterocycles. The zero-order valence-corrected chi connectivity index (χ0v) is 7.87. The number of aliphatic hydroxyl groups excluding tert-OH is 1. The lowest BCUT2D eigenvalue weighted by Crippen LogP contribution is -2.01. The second-order valence-electron chi connectivity index (χ2n) is 2.58. The zero-order chi connectivity index (χ0) is 9.84. The highest BCUT2D eigenvalue weighted by Crippen LogP contribution is 2.21. The van der Waals surface area contributed by atoms with Crippen LogP contribution in [0.2, 0.25) is 0 Å². The van der Waals surface area contributed by atoms with E-state index in [0.29, 0.717) is 10.8 Å². The van der Waals surface area contributed by atoms with Gasteiger partial charge in [-0.1, -0.05) is 11.8 Å². The highest BCUT2D eigenvalue weighted by Gasteiger charge is 2.09. The number of thioether (sulfide) groups is 1. The monoisotopic (exact) mass is 202 g/mol. The Morgan fingerprint density at radius 2 is 2.38 bits per heavy atom. The molecule has 1 aromatic heterocycles. The van der Waals surface area contributed by atoms with Crippen LogP contribution in [-0.2, 0) is 0 Å². The molecule has 72 valence electrons. The lowest BCUT2D eigenvalue weighted by Gasteiger charge is -1.99. The highest BCUT2D eigenvalue weighted by atomic mass is 32.2. The predicted molar refractivity (Wildman–Crippen MR) is 48.1 cm³/mol. The molecule has 0 aliphatic heterocycles. The second kappa shape index (κ2) is 4.34. The van der Waals surface area contributed by atoms with Gasteiger partial charge in [-0.25, -0.2) is 4.79 Å². The Labute approximate surface area is 79.6 Å². The molecule has 5 heteroatoms. The number of aliphatic hydroxyl groups is 1. The van der Waals surface area contributed by atoms with Crippen molar-refractivity contribution in [2.45, 2.75) is 18.1 Å². The van der Waals surface area contributed by atoms with Crippen molar-refractivity contribution in [1.29, 1.82) is 0 Å². The van der Waals surface area contributed by atoms with Crippen LogP contribution in [0.1, 0.15) is 17.5 Å². The van der Waals surface area contributed by atoms with Crippen LogP contribution in [0, 0.1) is 0 Å². The molecule has 0 spiro atoms. The molecule has 13 heavy (non-hydrogen) atoms. The molecule has 0 amide bonds. The van der Waals surface area contributed by atoms with E-state index in [2.05, 4.69) is 0 Å². The number of carboxylic acids is 1. The summed E-state index contributed by atoms with van der Waals surface area (Å²) in [6, 6.07) is 2.98. The Hall–Kier alpha value is -0.940. The molecule has 0 saturated heterocycles. The Morgan fingerprint density at radius 1 is 1.69 bits per heavy atom. The van der Waals surface area contributed by atoms with Crippen molar-refractivity contribution in [3.8, 4) is 0 Å². The largest absolute Gasteiger partial charge is 0.475 e. The molecule has 1 unspecified atom stereocenters. The summed E-state index contributed by atoms with van der Waals surface area (Å²) < 4.78 is 4.95. The van der Waals surface area contributed by atoms with Crippen molar-refractivity contribution >= 4 is 17.7 Å². The van der Waals surface area contributed by atoms with Crippen molar-refractivity contribution in [2.75, 3.05) is 5.75 Å². The number of rotatable bonds is 4. The third-order valence-electron chi connectivity index (χ3n) is 1.26. The summed E-state index contributed by atoms with van der Waals surface area (Å²) in [4.78, 5) is 10.4. The van der Waals surface area contributed by atoms with Gasteiger partial charge in [-0.15, -0.1) is 0 Å². The number of aromatic carboxylic acids is 1. The maximum Gasteiger partial charge on any atom is 0.371 e. The van der Waals surface area contributed by atoms with E-state index in [1.165, 1.54) is 17.8 Å². The molecule has 0 radical (unpaired) electrons. The lowest BCUT2D eigenvalue weighted by molar-refractivity contribution is 0.0656. The predicted octanol–water partition coefficient (Wildman–Crippen LogP) is 1.45. The first-order valence-electron chi connectivity index (χ1n) is 3.73. The fourth-order valence-corrected chi connectivity index (χ4v) is 1.43. The number of carbonyl (C=O) groups is 1. The normalized spacial score (nSPS) is 12.8. The quantitative estimate of drug-likeness (QED) is 0.723. The number of hydrogen-bond acceptors (Lipinski definition) is 4. The third-order valence-corrected chi connectivity index (χ3v) is 2.41.